The molecule has 1 fully saturated rings. The van der Waals surface area contributed by atoms with Crippen LogP contribution in [0.3, 0.4) is 0 Å². The largest absolute Gasteiger partial charge is 0.347 e. The predicted octanol–water partition coefficient (Wildman–Crippen LogP) is 1.12. The summed E-state index contributed by atoms with van der Waals surface area (Å²) in [6, 6.07) is 0. The molecule has 64 valence electrons. The average Bonchev–Trinajstić information content (AvgIpc) is 1.83. The third kappa shape index (κ3) is 2.27. The summed E-state index contributed by atoms with van der Waals surface area (Å²) in [6.07, 6.45) is 1.30. The lowest BCUT2D eigenvalue weighted by molar-refractivity contribution is -0.287. The molecule has 1 aliphatic rings. The molecule has 0 radical (unpaired) electrons. The van der Waals surface area contributed by atoms with Crippen molar-refractivity contribution in [3.63, 3.8) is 0 Å². The topological polar surface area (TPSA) is 35.5 Å². The molecule has 3 nitrogen and oxygen atoms in total. The van der Waals surface area contributed by atoms with E-state index >= 15 is 0 Å². The van der Waals surface area contributed by atoms with Crippen LogP contribution in [-0.2, 0) is 14.3 Å². The Morgan fingerprint density at radius 3 is 2.55 bits per heavy atom. The molecule has 0 saturated carbocycles. The predicted molar refractivity (Wildman–Crippen MR) is 40.2 cm³/mol. The molecule has 3 heteroatoms. The Bertz CT molecular complexity index is 153. The van der Waals surface area contributed by atoms with Gasteiger partial charge in [0.05, 0.1) is 6.10 Å². The minimum absolute atomic E-state index is 0.106. The number of hydrogen-bond donors (Lipinski definition) is 0. The molecule has 1 rings (SSSR count). The second-order valence-electron chi connectivity index (χ2n) is 3.36. The minimum Gasteiger partial charge on any atom is -0.347 e. The molecule has 0 spiro atoms. The van der Waals surface area contributed by atoms with E-state index in [0.29, 0.717) is 6.42 Å². The molecule has 1 aliphatic heterocycles. The fraction of sp³-hybridized carbons (Fsp3) is 0.875. The first-order chi connectivity index (χ1) is 5.03. The van der Waals surface area contributed by atoms with Crippen molar-refractivity contribution in [1.82, 2.24) is 0 Å². The molecule has 11 heavy (non-hydrogen) atoms. The zero-order valence-corrected chi connectivity index (χ0v) is 7.16. The molecule has 0 aliphatic carbocycles. The van der Waals surface area contributed by atoms with E-state index in [9.17, 15) is 4.79 Å². The van der Waals surface area contributed by atoms with Gasteiger partial charge in [0.2, 0.25) is 0 Å². The SMILES string of the molecule is C[C@@H]1C[C@H](C=O)OC(C)(C)O1. The maximum absolute atomic E-state index is 10.4. The van der Waals surface area contributed by atoms with Gasteiger partial charge in [-0.3, -0.25) is 0 Å². The highest BCUT2D eigenvalue weighted by Crippen LogP contribution is 2.25. The van der Waals surface area contributed by atoms with Crippen LogP contribution in [0, 0.1) is 0 Å². The van der Waals surface area contributed by atoms with E-state index in [1.54, 1.807) is 0 Å². The molecule has 0 aromatic heterocycles. The van der Waals surface area contributed by atoms with Crippen LogP contribution >= 0.6 is 0 Å². The standard InChI is InChI=1S/C8H14O3/c1-6-4-7(5-9)11-8(2,3)10-6/h5-7H,4H2,1-3H3/t6-,7-/m1/s1. The van der Waals surface area contributed by atoms with E-state index in [4.69, 9.17) is 9.47 Å². The molecule has 0 bridgehead atoms. The second kappa shape index (κ2) is 2.91. The summed E-state index contributed by atoms with van der Waals surface area (Å²) >= 11 is 0. The van der Waals surface area contributed by atoms with Crippen LogP contribution in [0.5, 0.6) is 0 Å². The molecular weight excluding hydrogens is 144 g/mol. The van der Waals surface area contributed by atoms with Crippen LogP contribution in [0.1, 0.15) is 27.2 Å². The summed E-state index contributed by atoms with van der Waals surface area (Å²) in [5.74, 6) is -0.608. The normalized spacial score (nSPS) is 36.6. The van der Waals surface area contributed by atoms with Crippen molar-refractivity contribution in [1.29, 1.82) is 0 Å². The van der Waals surface area contributed by atoms with Gasteiger partial charge in [-0.15, -0.1) is 0 Å². The van der Waals surface area contributed by atoms with Crippen LogP contribution in [0.15, 0.2) is 0 Å². The average molecular weight is 158 g/mol. The Morgan fingerprint density at radius 2 is 2.09 bits per heavy atom. The van der Waals surface area contributed by atoms with Gasteiger partial charge >= 0.3 is 0 Å². The van der Waals surface area contributed by atoms with Crippen LogP contribution in [-0.4, -0.2) is 24.3 Å². The monoisotopic (exact) mass is 158 g/mol. The van der Waals surface area contributed by atoms with Gasteiger partial charge in [-0.1, -0.05) is 0 Å². The van der Waals surface area contributed by atoms with E-state index in [-0.39, 0.29) is 12.2 Å². The van der Waals surface area contributed by atoms with Gasteiger partial charge in [-0.05, 0) is 20.8 Å². The first-order valence-corrected chi connectivity index (χ1v) is 3.84. The van der Waals surface area contributed by atoms with Crippen molar-refractivity contribution in [3.05, 3.63) is 0 Å². The highest BCUT2D eigenvalue weighted by atomic mass is 16.7. The molecule has 1 heterocycles. The van der Waals surface area contributed by atoms with Crippen molar-refractivity contribution in [3.8, 4) is 0 Å². The minimum atomic E-state index is -0.608. The molecule has 0 aromatic carbocycles. The van der Waals surface area contributed by atoms with Gasteiger partial charge in [0.25, 0.3) is 0 Å². The highest BCUT2D eigenvalue weighted by Gasteiger charge is 2.32. The van der Waals surface area contributed by atoms with E-state index in [0.717, 1.165) is 6.29 Å². The lowest BCUT2D eigenvalue weighted by atomic mass is 10.1. The Hall–Kier alpha value is -0.410. The summed E-state index contributed by atoms with van der Waals surface area (Å²) in [5, 5.41) is 0. The lowest BCUT2D eigenvalue weighted by Gasteiger charge is -2.37. The van der Waals surface area contributed by atoms with Crippen LogP contribution in [0.2, 0.25) is 0 Å². The number of aldehydes is 1. The zero-order chi connectivity index (χ0) is 8.48. The van der Waals surface area contributed by atoms with Crippen molar-refractivity contribution < 1.29 is 14.3 Å². The third-order valence-electron chi connectivity index (χ3n) is 1.64. The summed E-state index contributed by atoms with van der Waals surface area (Å²) in [7, 11) is 0. The van der Waals surface area contributed by atoms with Gasteiger partial charge in [0.1, 0.15) is 12.4 Å². The van der Waals surface area contributed by atoms with Gasteiger partial charge in [-0.25, -0.2) is 0 Å². The molecule has 0 amide bonds. The Balaban J connectivity index is 2.57. The first-order valence-electron chi connectivity index (χ1n) is 3.84. The van der Waals surface area contributed by atoms with Crippen molar-refractivity contribution in [2.45, 2.75) is 45.2 Å². The van der Waals surface area contributed by atoms with Gasteiger partial charge in [0, 0.05) is 6.42 Å². The van der Waals surface area contributed by atoms with Gasteiger partial charge in [0.15, 0.2) is 5.79 Å². The second-order valence-corrected chi connectivity index (χ2v) is 3.36. The highest BCUT2D eigenvalue weighted by molar-refractivity contribution is 5.56. The van der Waals surface area contributed by atoms with E-state index in [1.807, 2.05) is 20.8 Å². The van der Waals surface area contributed by atoms with E-state index in [1.165, 1.54) is 0 Å². The van der Waals surface area contributed by atoms with Crippen LogP contribution < -0.4 is 0 Å². The number of ether oxygens (including phenoxy) is 2. The quantitative estimate of drug-likeness (QED) is 0.536. The molecule has 0 unspecified atom stereocenters. The Morgan fingerprint density at radius 1 is 1.45 bits per heavy atom. The molecule has 1 saturated heterocycles. The van der Waals surface area contributed by atoms with Crippen molar-refractivity contribution >= 4 is 6.29 Å². The van der Waals surface area contributed by atoms with Crippen molar-refractivity contribution in [2.24, 2.45) is 0 Å². The van der Waals surface area contributed by atoms with E-state index < -0.39 is 5.79 Å². The van der Waals surface area contributed by atoms with Crippen LogP contribution in [0.4, 0.5) is 0 Å². The Labute approximate surface area is 66.7 Å². The number of rotatable bonds is 1. The summed E-state index contributed by atoms with van der Waals surface area (Å²) in [6.45, 7) is 5.58. The molecule has 0 aromatic rings. The number of hydrogen-bond acceptors (Lipinski definition) is 3. The summed E-state index contributed by atoms with van der Waals surface area (Å²) in [5.41, 5.74) is 0. The Kier molecular flexibility index (Phi) is 2.30. The zero-order valence-electron chi connectivity index (χ0n) is 7.16. The van der Waals surface area contributed by atoms with Gasteiger partial charge < -0.3 is 14.3 Å². The van der Waals surface area contributed by atoms with E-state index in [2.05, 4.69) is 0 Å². The number of carbonyl (C=O) groups is 1. The fourth-order valence-corrected chi connectivity index (χ4v) is 1.38. The first kappa shape index (κ1) is 8.68. The van der Waals surface area contributed by atoms with Gasteiger partial charge in [-0.2, -0.15) is 0 Å². The van der Waals surface area contributed by atoms with Crippen LogP contribution in [0.25, 0.3) is 0 Å². The van der Waals surface area contributed by atoms with Crippen molar-refractivity contribution in [2.75, 3.05) is 0 Å². The smallest absolute Gasteiger partial charge is 0.164 e. The molecule has 2 atom stereocenters. The number of carbonyl (C=O) groups excluding carboxylic acids is 1. The lowest BCUT2D eigenvalue weighted by Crippen LogP contribution is -2.44. The summed E-state index contributed by atoms with van der Waals surface area (Å²) in [4.78, 5) is 10.4. The summed E-state index contributed by atoms with van der Waals surface area (Å²) < 4.78 is 10.7. The third-order valence-corrected chi connectivity index (χ3v) is 1.64. The molecule has 0 N–H and O–H groups in total. The fourth-order valence-electron chi connectivity index (χ4n) is 1.38. The maximum Gasteiger partial charge on any atom is 0.164 e. The molecular formula is C8H14O3. The maximum atomic E-state index is 10.4.